The van der Waals surface area contributed by atoms with Crippen LogP contribution < -0.4 is 9.47 Å². The van der Waals surface area contributed by atoms with E-state index in [0.717, 1.165) is 17.0 Å². The molecule has 0 radical (unpaired) electrons. The van der Waals surface area contributed by atoms with Crippen LogP contribution in [0.1, 0.15) is 25.3 Å². The second kappa shape index (κ2) is 4.78. The lowest BCUT2D eigenvalue weighted by Crippen LogP contribution is -2.15. The molecule has 1 aromatic heterocycles. The fraction of sp³-hybridized carbons (Fsp3) is 0.467. The highest BCUT2D eigenvalue weighted by Gasteiger charge is 2.18. The van der Waals surface area contributed by atoms with Crippen molar-refractivity contribution in [2.45, 2.75) is 26.3 Å². The molecule has 3 rings (SSSR count). The average molecular weight is 261 g/mol. The summed E-state index contributed by atoms with van der Waals surface area (Å²) in [6, 6.07) is 4.08. The SMILES string of the molecule is CC(C)c1cn(CCO)c2cc3c(cc12)OCCO3. The molecule has 4 heteroatoms. The third-order valence-electron chi connectivity index (χ3n) is 3.54. The van der Waals surface area contributed by atoms with Crippen LogP contribution >= 0.6 is 0 Å². The highest BCUT2D eigenvalue weighted by Crippen LogP contribution is 2.38. The van der Waals surface area contributed by atoms with Gasteiger partial charge in [-0.1, -0.05) is 13.8 Å². The van der Waals surface area contributed by atoms with Gasteiger partial charge in [0.15, 0.2) is 11.5 Å². The summed E-state index contributed by atoms with van der Waals surface area (Å²) >= 11 is 0. The molecule has 0 spiro atoms. The normalized spacial score (nSPS) is 14.3. The van der Waals surface area contributed by atoms with Crippen LogP contribution in [0.2, 0.25) is 0 Å². The molecule has 0 aliphatic carbocycles. The van der Waals surface area contributed by atoms with Crippen molar-refractivity contribution in [3.8, 4) is 11.5 Å². The molecular formula is C15H19NO3. The zero-order valence-corrected chi connectivity index (χ0v) is 11.3. The monoisotopic (exact) mass is 261 g/mol. The molecule has 1 aliphatic rings. The van der Waals surface area contributed by atoms with Crippen molar-refractivity contribution in [1.29, 1.82) is 0 Å². The van der Waals surface area contributed by atoms with Gasteiger partial charge in [-0.2, -0.15) is 0 Å². The first-order valence-electron chi connectivity index (χ1n) is 6.74. The first-order valence-corrected chi connectivity index (χ1v) is 6.74. The van der Waals surface area contributed by atoms with Gasteiger partial charge in [-0.3, -0.25) is 0 Å². The van der Waals surface area contributed by atoms with Crippen LogP contribution in [0.15, 0.2) is 18.3 Å². The Morgan fingerprint density at radius 1 is 1.21 bits per heavy atom. The van der Waals surface area contributed by atoms with E-state index in [1.807, 2.05) is 6.07 Å². The Kier molecular flexibility index (Phi) is 3.11. The molecule has 0 saturated carbocycles. The van der Waals surface area contributed by atoms with Gasteiger partial charge in [0, 0.05) is 24.2 Å². The van der Waals surface area contributed by atoms with E-state index >= 15 is 0 Å². The Bertz CT molecular complexity index is 601. The molecule has 1 aromatic carbocycles. The van der Waals surface area contributed by atoms with Crippen molar-refractivity contribution in [3.63, 3.8) is 0 Å². The molecule has 1 aliphatic heterocycles. The Morgan fingerprint density at radius 3 is 2.53 bits per heavy atom. The predicted octanol–water partition coefficient (Wildman–Crippen LogP) is 2.53. The van der Waals surface area contributed by atoms with E-state index in [1.54, 1.807) is 0 Å². The van der Waals surface area contributed by atoms with Crippen LogP contribution in [0.25, 0.3) is 10.9 Å². The molecular weight excluding hydrogens is 242 g/mol. The first-order chi connectivity index (χ1) is 9.20. The molecule has 19 heavy (non-hydrogen) atoms. The van der Waals surface area contributed by atoms with E-state index < -0.39 is 0 Å². The van der Waals surface area contributed by atoms with Crippen molar-refractivity contribution in [2.75, 3.05) is 19.8 Å². The van der Waals surface area contributed by atoms with Gasteiger partial charge in [-0.05, 0) is 17.5 Å². The number of aliphatic hydroxyl groups excluding tert-OH is 1. The molecule has 2 heterocycles. The maximum atomic E-state index is 9.19. The van der Waals surface area contributed by atoms with Crippen molar-refractivity contribution < 1.29 is 14.6 Å². The van der Waals surface area contributed by atoms with Crippen LogP contribution in [0.5, 0.6) is 11.5 Å². The smallest absolute Gasteiger partial charge is 0.163 e. The van der Waals surface area contributed by atoms with Gasteiger partial charge in [0.25, 0.3) is 0 Å². The van der Waals surface area contributed by atoms with E-state index in [4.69, 9.17) is 9.47 Å². The van der Waals surface area contributed by atoms with Crippen LogP contribution in [0.4, 0.5) is 0 Å². The highest BCUT2D eigenvalue weighted by atomic mass is 16.6. The minimum absolute atomic E-state index is 0.135. The number of hydrogen-bond acceptors (Lipinski definition) is 3. The Morgan fingerprint density at radius 2 is 1.89 bits per heavy atom. The van der Waals surface area contributed by atoms with Crippen molar-refractivity contribution >= 4 is 10.9 Å². The number of benzene rings is 1. The maximum absolute atomic E-state index is 9.19. The number of aromatic nitrogens is 1. The number of aliphatic hydroxyl groups is 1. The largest absolute Gasteiger partial charge is 0.486 e. The third kappa shape index (κ3) is 2.06. The van der Waals surface area contributed by atoms with E-state index in [0.29, 0.717) is 25.7 Å². The summed E-state index contributed by atoms with van der Waals surface area (Å²) in [5, 5.41) is 10.4. The molecule has 0 fully saturated rings. The Hall–Kier alpha value is -1.68. The van der Waals surface area contributed by atoms with Crippen LogP contribution in [-0.2, 0) is 6.54 Å². The molecule has 0 saturated heterocycles. The Balaban J connectivity index is 2.22. The van der Waals surface area contributed by atoms with Crippen LogP contribution in [0.3, 0.4) is 0 Å². The van der Waals surface area contributed by atoms with Crippen LogP contribution in [0, 0.1) is 0 Å². The van der Waals surface area contributed by atoms with E-state index in [9.17, 15) is 5.11 Å². The molecule has 2 aromatic rings. The van der Waals surface area contributed by atoms with Crippen LogP contribution in [-0.4, -0.2) is 29.5 Å². The second-order valence-corrected chi connectivity index (χ2v) is 5.17. The van der Waals surface area contributed by atoms with Gasteiger partial charge in [0.2, 0.25) is 0 Å². The van der Waals surface area contributed by atoms with E-state index in [2.05, 4.69) is 30.7 Å². The summed E-state index contributed by atoms with van der Waals surface area (Å²) < 4.78 is 13.4. The van der Waals surface area contributed by atoms with E-state index in [-0.39, 0.29) is 6.61 Å². The maximum Gasteiger partial charge on any atom is 0.163 e. The minimum atomic E-state index is 0.135. The molecule has 1 N–H and O–H groups in total. The van der Waals surface area contributed by atoms with Gasteiger partial charge < -0.3 is 19.1 Å². The van der Waals surface area contributed by atoms with Gasteiger partial charge in [-0.25, -0.2) is 0 Å². The molecule has 4 nitrogen and oxygen atoms in total. The van der Waals surface area contributed by atoms with Gasteiger partial charge in [0.1, 0.15) is 13.2 Å². The van der Waals surface area contributed by atoms with Gasteiger partial charge in [0.05, 0.1) is 12.1 Å². The summed E-state index contributed by atoms with van der Waals surface area (Å²) in [7, 11) is 0. The number of fused-ring (bicyclic) bond motifs is 2. The predicted molar refractivity (Wildman–Crippen MR) is 74.1 cm³/mol. The highest BCUT2D eigenvalue weighted by molar-refractivity contribution is 5.88. The number of ether oxygens (including phenoxy) is 2. The summed E-state index contributed by atoms with van der Waals surface area (Å²) in [5.41, 5.74) is 2.38. The summed E-state index contributed by atoms with van der Waals surface area (Å²) in [6.07, 6.45) is 2.12. The van der Waals surface area contributed by atoms with Crippen molar-refractivity contribution in [1.82, 2.24) is 4.57 Å². The number of hydrogen-bond donors (Lipinski definition) is 1. The Labute approximate surface area is 112 Å². The number of nitrogens with zero attached hydrogens (tertiary/aromatic N) is 1. The van der Waals surface area contributed by atoms with Gasteiger partial charge >= 0.3 is 0 Å². The number of rotatable bonds is 3. The van der Waals surface area contributed by atoms with Gasteiger partial charge in [-0.15, -0.1) is 0 Å². The zero-order valence-electron chi connectivity index (χ0n) is 11.3. The lowest BCUT2D eigenvalue weighted by molar-refractivity contribution is 0.172. The molecule has 0 amide bonds. The summed E-state index contributed by atoms with van der Waals surface area (Å²) in [5.74, 6) is 2.05. The fourth-order valence-corrected chi connectivity index (χ4v) is 2.61. The molecule has 0 bridgehead atoms. The summed E-state index contributed by atoms with van der Waals surface area (Å²) in [6.45, 7) is 6.28. The first kappa shape index (κ1) is 12.4. The molecule has 0 atom stereocenters. The van der Waals surface area contributed by atoms with E-state index in [1.165, 1.54) is 10.9 Å². The molecule has 0 unspecified atom stereocenters. The lowest BCUT2D eigenvalue weighted by atomic mass is 10.0. The zero-order chi connectivity index (χ0) is 13.4. The average Bonchev–Trinajstić information content (AvgIpc) is 2.75. The quantitative estimate of drug-likeness (QED) is 0.923. The topological polar surface area (TPSA) is 43.6 Å². The minimum Gasteiger partial charge on any atom is -0.486 e. The second-order valence-electron chi connectivity index (χ2n) is 5.17. The fourth-order valence-electron chi connectivity index (χ4n) is 2.61. The third-order valence-corrected chi connectivity index (χ3v) is 3.54. The summed E-state index contributed by atoms with van der Waals surface area (Å²) in [4.78, 5) is 0. The standard InChI is InChI=1S/C15H19NO3/c1-10(2)12-9-16(3-4-17)13-8-15-14(7-11(12)13)18-5-6-19-15/h7-10,17H,3-6H2,1-2H3. The lowest BCUT2D eigenvalue weighted by Gasteiger charge is -2.19. The van der Waals surface area contributed by atoms with Crippen molar-refractivity contribution in [3.05, 3.63) is 23.9 Å². The van der Waals surface area contributed by atoms with Crippen molar-refractivity contribution in [2.24, 2.45) is 0 Å². The molecule has 102 valence electrons.